The maximum atomic E-state index is 10.8. The molecule has 0 aromatic rings. The lowest BCUT2D eigenvalue weighted by Crippen LogP contribution is -2.27. The molecule has 0 aromatic heterocycles. The molecule has 0 aromatic carbocycles. The first-order valence-corrected chi connectivity index (χ1v) is 4.64. The summed E-state index contributed by atoms with van der Waals surface area (Å²) in [5, 5.41) is 0. The molecule has 0 spiro atoms. The molecule has 0 saturated heterocycles. The molecule has 0 fully saturated rings. The van der Waals surface area contributed by atoms with Crippen molar-refractivity contribution in [2.24, 2.45) is 11.7 Å². The lowest BCUT2D eigenvalue weighted by Gasteiger charge is -2.18. The molecular weight excluding hydrogens is 170 g/mol. The van der Waals surface area contributed by atoms with Crippen molar-refractivity contribution in [1.82, 2.24) is 0 Å². The zero-order chi connectivity index (χ0) is 10.3. The van der Waals surface area contributed by atoms with Crippen LogP contribution >= 0.6 is 0 Å². The Balaban J connectivity index is 3.85. The molecule has 13 heavy (non-hydrogen) atoms. The molecule has 0 bridgehead atoms. The molecule has 78 valence electrons. The van der Waals surface area contributed by atoms with E-state index in [9.17, 15) is 4.79 Å². The Bertz CT molecular complexity index is 144. The van der Waals surface area contributed by atoms with Crippen molar-refractivity contribution in [3.63, 3.8) is 0 Å². The van der Waals surface area contributed by atoms with Crippen LogP contribution in [-0.2, 0) is 14.3 Å². The van der Waals surface area contributed by atoms with Gasteiger partial charge in [-0.1, -0.05) is 6.92 Å². The fourth-order valence-electron chi connectivity index (χ4n) is 0.961. The van der Waals surface area contributed by atoms with Crippen molar-refractivity contribution in [3.05, 3.63) is 0 Å². The molecular formula is C9H19NO3. The van der Waals surface area contributed by atoms with E-state index in [1.165, 1.54) is 0 Å². The van der Waals surface area contributed by atoms with E-state index in [0.717, 1.165) is 0 Å². The first-order valence-electron chi connectivity index (χ1n) is 4.64. The molecule has 0 aliphatic carbocycles. The summed E-state index contributed by atoms with van der Waals surface area (Å²) in [7, 11) is 0. The number of carbonyl (C=O) groups excluding carboxylic acids is 1. The maximum Gasteiger partial charge on any atom is 0.220 e. The van der Waals surface area contributed by atoms with Crippen LogP contribution in [0.1, 0.15) is 27.2 Å². The topological polar surface area (TPSA) is 61.5 Å². The Morgan fingerprint density at radius 1 is 1.31 bits per heavy atom. The summed E-state index contributed by atoms with van der Waals surface area (Å²) >= 11 is 0. The molecule has 4 heteroatoms. The van der Waals surface area contributed by atoms with Gasteiger partial charge in [-0.3, -0.25) is 4.79 Å². The third kappa shape index (κ3) is 5.60. The third-order valence-corrected chi connectivity index (χ3v) is 1.74. The first-order chi connectivity index (χ1) is 6.11. The van der Waals surface area contributed by atoms with Gasteiger partial charge in [0.25, 0.3) is 0 Å². The number of amides is 1. The average molecular weight is 189 g/mol. The minimum Gasteiger partial charge on any atom is -0.369 e. The predicted molar refractivity (Wildman–Crippen MR) is 50.0 cm³/mol. The van der Waals surface area contributed by atoms with Gasteiger partial charge < -0.3 is 15.2 Å². The Kier molecular flexibility index (Phi) is 6.54. The van der Waals surface area contributed by atoms with E-state index < -0.39 is 0 Å². The normalized spacial score (nSPS) is 13.2. The quantitative estimate of drug-likeness (QED) is 0.605. The standard InChI is InChI=1S/C9H19NO3/c1-4-12-8(13-5-2)6-7(3)9(10)11/h7-8H,4-6H2,1-3H3,(H2,10,11). The Labute approximate surface area is 79.4 Å². The first kappa shape index (κ1) is 12.4. The monoisotopic (exact) mass is 189 g/mol. The van der Waals surface area contributed by atoms with Crippen LogP contribution in [0.4, 0.5) is 0 Å². The molecule has 1 unspecified atom stereocenters. The fraction of sp³-hybridized carbons (Fsp3) is 0.889. The van der Waals surface area contributed by atoms with E-state index in [4.69, 9.17) is 15.2 Å². The molecule has 1 atom stereocenters. The van der Waals surface area contributed by atoms with Gasteiger partial charge in [-0.2, -0.15) is 0 Å². The van der Waals surface area contributed by atoms with Gasteiger partial charge in [0, 0.05) is 25.6 Å². The number of ether oxygens (including phenoxy) is 2. The van der Waals surface area contributed by atoms with Crippen LogP contribution in [0, 0.1) is 5.92 Å². The van der Waals surface area contributed by atoms with E-state index in [2.05, 4.69) is 0 Å². The fourth-order valence-corrected chi connectivity index (χ4v) is 0.961. The van der Waals surface area contributed by atoms with Crippen LogP contribution in [-0.4, -0.2) is 25.4 Å². The Morgan fingerprint density at radius 2 is 1.77 bits per heavy atom. The van der Waals surface area contributed by atoms with E-state index in [1.54, 1.807) is 6.92 Å². The van der Waals surface area contributed by atoms with Gasteiger partial charge in [0.05, 0.1) is 0 Å². The molecule has 0 radical (unpaired) electrons. The molecule has 0 aliphatic heterocycles. The summed E-state index contributed by atoms with van der Waals surface area (Å²) in [6, 6.07) is 0. The minimum absolute atomic E-state index is 0.205. The number of primary amides is 1. The summed E-state index contributed by atoms with van der Waals surface area (Å²) in [5.41, 5.74) is 5.13. The van der Waals surface area contributed by atoms with Gasteiger partial charge in [0.2, 0.25) is 5.91 Å². The van der Waals surface area contributed by atoms with Crippen LogP contribution < -0.4 is 5.73 Å². The van der Waals surface area contributed by atoms with Gasteiger partial charge in [-0.05, 0) is 13.8 Å². The highest BCUT2D eigenvalue weighted by Gasteiger charge is 2.16. The van der Waals surface area contributed by atoms with Crippen molar-refractivity contribution in [2.45, 2.75) is 33.5 Å². The van der Waals surface area contributed by atoms with Gasteiger partial charge in [-0.25, -0.2) is 0 Å². The Hall–Kier alpha value is -0.610. The summed E-state index contributed by atoms with van der Waals surface area (Å²) in [6.45, 7) is 6.71. The van der Waals surface area contributed by atoms with E-state index in [1.807, 2.05) is 13.8 Å². The zero-order valence-corrected chi connectivity index (χ0v) is 8.58. The van der Waals surface area contributed by atoms with Gasteiger partial charge >= 0.3 is 0 Å². The van der Waals surface area contributed by atoms with Crippen molar-refractivity contribution < 1.29 is 14.3 Å². The number of hydrogen-bond acceptors (Lipinski definition) is 3. The highest BCUT2D eigenvalue weighted by molar-refractivity contribution is 5.76. The lowest BCUT2D eigenvalue weighted by atomic mass is 10.1. The van der Waals surface area contributed by atoms with E-state index >= 15 is 0 Å². The summed E-state index contributed by atoms with van der Waals surface area (Å²) in [6.07, 6.45) is 0.217. The number of rotatable bonds is 7. The van der Waals surface area contributed by atoms with Crippen LogP contribution in [0.3, 0.4) is 0 Å². The largest absolute Gasteiger partial charge is 0.369 e. The molecule has 4 nitrogen and oxygen atoms in total. The second-order valence-corrected chi connectivity index (χ2v) is 2.88. The van der Waals surface area contributed by atoms with E-state index in [-0.39, 0.29) is 18.1 Å². The molecule has 0 rings (SSSR count). The van der Waals surface area contributed by atoms with Crippen molar-refractivity contribution >= 4 is 5.91 Å². The zero-order valence-electron chi connectivity index (χ0n) is 8.58. The van der Waals surface area contributed by atoms with Gasteiger partial charge in [0.15, 0.2) is 6.29 Å². The van der Waals surface area contributed by atoms with Crippen molar-refractivity contribution in [1.29, 1.82) is 0 Å². The summed E-state index contributed by atoms with van der Waals surface area (Å²) < 4.78 is 10.5. The lowest BCUT2D eigenvalue weighted by molar-refractivity contribution is -0.150. The van der Waals surface area contributed by atoms with Crippen molar-refractivity contribution in [2.75, 3.05) is 13.2 Å². The third-order valence-electron chi connectivity index (χ3n) is 1.74. The van der Waals surface area contributed by atoms with Crippen LogP contribution in [0.15, 0.2) is 0 Å². The average Bonchev–Trinajstić information content (AvgIpc) is 2.05. The molecule has 0 saturated carbocycles. The van der Waals surface area contributed by atoms with Crippen LogP contribution in [0.25, 0.3) is 0 Å². The molecule has 2 N–H and O–H groups in total. The number of carbonyl (C=O) groups is 1. The highest BCUT2D eigenvalue weighted by atomic mass is 16.7. The van der Waals surface area contributed by atoms with Gasteiger partial charge in [0.1, 0.15) is 0 Å². The molecule has 1 amide bonds. The second-order valence-electron chi connectivity index (χ2n) is 2.88. The van der Waals surface area contributed by atoms with Crippen LogP contribution in [0.2, 0.25) is 0 Å². The van der Waals surface area contributed by atoms with E-state index in [0.29, 0.717) is 19.6 Å². The second kappa shape index (κ2) is 6.86. The number of hydrogen-bond donors (Lipinski definition) is 1. The minimum atomic E-state index is -0.315. The van der Waals surface area contributed by atoms with Crippen LogP contribution in [0.5, 0.6) is 0 Å². The maximum absolute atomic E-state index is 10.8. The smallest absolute Gasteiger partial charge is 0.220 e. The predicted octanol–water partition coefficient (Wildman–Crippen LogP) is 0.897. The Morgan fingerprint density at radius 3 is 2.08 bits per heavy atom. The molecule has 0 aliphatic rings. The highest BCUT2D eigenvalue weighted by Crippen LogP contribution is 2.09. The number of nitrogens with two attached hydrogens (primary N) is 1. The van der Waals surface area contributed by atoms with Crippen molar-refractivity contribution in [3.8, 4) is 0 Å². The summed E-state index contributed by atoms with van der Waals surface area (Å²) in [4.78, 5) is 10.8. The van der Waals surface area contributed by atoms with Gasteiger partial charge in [-0.15, -0.1) is 0 Å². The summed E-state index contributed by atoms with van der Waals surface area (Å²) in [5.74, 6) is -0.521. The SMILES string of the molecule is CCOC(CC(C)C(N)=O)OCC. The molecule has 0 heterocycles.